The second kappa shape index (κ2) is 8.90. The fourth-order valence-corrected chi connectivity index (χ4v) is 4.28. The molecule has 140 valence electrons. The van der Waals surface area contributed by atoms with Crippen LogP contribution in [0.2, 0.25) is 0 Å². The fraction of sp³-hybridized carbons (Fsp3) is 0.500. The number of hydrogen-bond acceptors (Lipinski definition) is 5. The Kier molecular flexibility index (Phi) is 6.58. The summed E-state index contributed by atoms with van der Waals surface area (Å²) in [5, 5.41) is 9.07. The van der Waals surface area contributed by atoms with Crippen LogP contribution in [0.25, 0.3) is 0 Å². The van der Waals surface area contributed by atoms with Crippen molar-refractivity contribution in [2.45, 2.75) is 49.7 Å². The molecule has 0 spiro atoms. The minimum Gasteiger partial charge on any atom is -0.341 e. The summed E-state index contributed by atoms with van der Waals surface area (Å²) in [7, 11) is 1.81. The molecule has 0 unspecified atom stereocenters. The molecule has 1 aliphatic carbocycles. The Morgan fingerprint density at radius 3 is 2.65 bits per heavy atom. The van der Waals surface area contributed by atoms with Gasteiger partial charge in [-0.3, -0.25) is 4.79 Å². The number of benzene rings is 1. The molecule has 2 aromatic rings. The van der Waals surface area contributed by atoms with Crippen LogP contribution in [0.1, 0.15) is 49.4 Å². The molecule has 0 atom stereocenters. The van der Waals surface area contributed by atoms with Crippen LogP contribution in [-0.2, 0) is 11.3 Å². The maximum atomic E-state index is 12.4. The van der Waals surface area contributed by atoms with Crippen molar-refractivity contribution in [2.75, 3.05) is 18.6 Å². The van der Waals surface area contributed by atoms with Gasteiger partial charge in [0.2, 0.25) is 11.1 Å². The third-order valence-corrected chi connectivity index (χ3v) is 6.20. The average Bonchev–Trinajstić information content (AvgIpc) is 3.03. The molecule has 1 aromatic heterocycles. The van der Waals surface area contributed by atoms with Gasteiger partial charge in [-0.25, -0.2) is 4.68 Å². The van der Waals surface area contributed by atoms with E-state index in [0.717, 1.165) is 28.7 Å². The van der Waals surface area contributed by atoms with Gasteiger partial charge in [0.15, 0.2) is 5.82 Å². The maximum absolute atomic E-state index is 12.4. The van der Waals surface area contributed by atoms with E-state index in [1.165, 1.54) is 31.0 Å². The van der Waals surface area contributed by atoms with Crippen molar-refractivity contribution in [3.05, 3.63) is 40.1 Å². The molecule has 8 heteroatoms. The summed E-state index contributed by atoms with van der Waals surface area (Å²) < 4.78 is 2.60. The predicted octanol–water partition coefficient (Wildman–Crippen LogP) is 3.55. The minimum absolute atomic E-state index is 0.0418. The molecule has 26 heavy (non-hydrogen) atoms. The Morgan fingerprint density at radius 2 is 1.96 bits per heavy atom. The molecule has 1 amide bonds. The Hall–Kier alpha value is -1.54. The standard InChI is InChI=1S/C18H24BrN5OS/c1-23(11-13-7-9-15(19)10-8-13)16(25)12-26-18-22-21-17(24(18)20)14-5-3-2-4-6-14/h7-10,14H,2-6,11-12,20H2,1H3. The monoisotopic (exact) mass is 437 g/mol. The number of nitrogens with zero attached hydrogens (tertiary/aromatic N) is 4. The first kappa shape index (κ1) is 19.2. The lowest BCUT2D eigenvalue weighted by atomic mass is 9.89. The first-order valence-corrected chi connectivity index (χ1v) is 10.6. The van der Waals surface area contributed by atoms with E-state index in [4.69, 9.17) is 5.84 Å². The lowest BCUT2D eigenvalue weighted by molar-refractivity contribution is -0.127. The highest BCUT2D eigenvalue weighted by Crippen LogP contribution is 2.32. The zero-order valence-electron chi connectivity index (χ0n) is 14.9. The van der Waals surface area contributed by atoms with Gasteiger partial charge in [0.25, 0.3) is 0 Å². The van der Waals surface area contributed by atoms with E-state index in [-0.39, 0.29) is 5.91 Å². The van der Waals surface area contributed by atoms with Crippen LogP contribution in [-0.4, -0.2) is 38.5 Å². The van der Waals surface area contributed by atoms with E-state index < -0.39 is 0 Å². The number of halogens is 1. The van der Waals surface area contributed by atoms with Crippen LogP contribution in [0.15, 0.2) is 33.9 Å². The Labute approximate surface area is 166 Å². The van der Waals surface area contributed by atoms with E-state index in [2.05, 4.69) is 26.1 Å². The summed E-state index contributed by atoms with van der Waals surface area (Å²) in [6, 6.07) is 7.97. The molecule has 1 saturated carbocycles. The molecule has 1 aliphatic rings. The summed E-state index contributed by atoms with van der Waals surface area (Å²) in [6.07, 6.45) is 5.97. The topological polar surface area (TPSA) is 77.0 Å². The van der Waals surface area contributed by atoms with Crippen LogP contribution in [0.3, 0.4) is 0 Å². The average molecular weight is 438 g/mol. The summed E-state index contributed by atoms with van der Waals surface area (Å²) in [5.74, 6) is 7.76. The third kappa shape index (κ3) is 4.79. The zero-order chi connectivity index (χ0) is 18.5. The molecule has 2 N–H and O–H groups in total. The highest BCUT2D eigenvalue weighted by molar-refractivity contribution is 9.10. The van der Waals surface area contributed by atoms with Crippen molar-refractivity contribution < 1.29 is 4.79 Å². The quantitative estimate of drug-likeness (QED) is 0.552. The second-order valence-electron chi connectivity index (χ2n) is 6.71. The van der Waals surface area contributed by atoms with E-state index in [9.17, 15) is 4.79 Å². The second-order valence-corrected chi connectivity index (χ2v) is 8.57. The van der Waals surface area contributed by atoms with Crippen molar-refractivity contribution in [3.8, 4) is 0 Å². The number of carbonyl (C=O) groups is 1. The number of hydrogen-bond donors (Lipinski definition) is 1. The normalized spacial score (nSPS) is 15.2. The molecule has 0 aliphatic heterocycles. The molecular weight excluding hydrogens is 414 g/mol. The van der Waals surface area contributed by atoms with Gasteiger partial charge in [0.05, 0.1) is 5.75 Å². The van der Waals surface area contributed by atoms with E-state index in [1.54, 1.807) is 9.58 Å². The summed E-state index contributed by atoms with van der Waals surface area (Å²) in [4.78, 5) is 14.1. The number of nitrogen functional groups attached to an aromatic ring is 1. The number of amides is 1. The first-order valence-electron chi connectivity index (χ1n) is 8.86. The fourth-order valence-electron chi connectivity index (χ4n) is 3.21. The largest absolute Gasteiger partial charge is 0.341 e. The van der Waals surface area contributed by atoms with E-state index in [1.807, 2.05) is 31.3 Å². The van der Waals surface area contributed by atoms with Crippen LogP contribution in [0, 0.1) is 0 Å². The van der Waals surface area contributed by atoms with Gasteiger partial charge in [-0.15, -0.1) is 10.2 Å². The van der Waals surface area contributed by atoms with Gasteiger partial charge >= 0.3 is 0 Å². The smallest absolute Gasteiger partial charge is 0.233 e. The minimum atomic E-state index is 0.0418. The summed E-state index contributed by atoms with van der Waals surface area (Å²) >= 11 is 4.76. The van der Waals surface area contributed by atoms with E-state index in [0.29, 0.717) is 23.4 Å². The molecule has 1 aromatic carbocycles. The first-order chi connectivity index (χ1) is 12.5. The lowest BCUT2D eigenvalue weighted by Crippen LogP contribution is -2.28. The van der Waals surface area contributed by atoms with Crippen molar-refractivity contribution in [1.82, 2.24) is 19.8 Å². The molecule has 1 fully saturated rings. The van der Waals surface area contributed by atoms with Gasteiger partial charge in [0.1, 0.15) is 0 Å². The van der Waals surface area contributed by atoms with Crippen LogP contribution in [0.5, 0.6) is 0 Å². The number of thioether (sulfide) groups is 1. The highest BCUT2D eigenvalue weighted by Gasteiger charge is 2.23. The number of nitrogens with two attached hydrogens (primary N) is 1. The highest BCUT2D eigenvalue weighted by atomic mass is 79.9. The molecular formula is C18H24BrN5OS. The van der Waals surface area contributed by atoms with Crippen molar-refractivity contribution in [2.24, 2.45) is 0 Å². The van der Waals surface area contributed by atoms with Crippen LogP contribution >= 0.6 is 27.7 Å². The molecule has 0 bridgehead atoms. The van der Waals surface area contributed by atoms with Gasteiger partial charge in [-0.1, -0.05) is 59.1 Å². The Balaban J connectivity index is 1.54. The number of carbonyl (C=O) groups excluding carboxylic acids is 1. The SMILES string of the molecule is CN(Cc1ccc(Br)cc1)C(=O)CSc1nnc(C2CCCCC2)n1N. The molecule has 0 saturated heterocycles. The lowest BCUT2D eigenvalue weighted by Gasteiger charge is -2.20. The van der Waals surface area contributed by atoms with Crippen LogP contribution < -0.4 is 5.84 Å². The molecule has 0 radical (unpaired) electrons. The number of aromatic nitrogens is 3. The van der Waals surface area contributed by atoms with Gasteiger partial charge < -0.3 is 10.7 Å². The Morgan fingerprint density at radius 1 is 1.27 bits per heavy atom. The Bertz CT molecular complexity index is 743. The van der Waals surface area contributed by atoms with Crippen molar-refractivity contribution in [3.63, 3.8) is 0 Å². The molecule has 6 nitrogen and oxygen atoms in total. The summed E-state index contributed by atoms with van der Waals surface area (Å²) in [6.45, 7) is 0.579. The zero-order valence-corrected chi connectivity index (χ0v) is 17.3. The van der Waals surface area contributed by atoms with E-state index >= 15 is 0 Å². The maximum Gasteiger partial charge on any atom is 0.233 e. The molecule has 3 rings (SSSR count). The number of rotatable bonds is 6. The third-order valence-electron chi connectivity index (χ3n) is 4.74. The van der Waals surface area contributed by atoms with Gasteiger partial charge in [-0.05, 0) is 30.5 Å². The predicted molar refractivity (Wildman–Crippen MR) is 107 cm³/mol. The van der Waals surface area contributed by atoms with Crippen molar-refractivity contribution >= 4 is 33.6 Å². The van der Waals surface area contributed by atoms with Crippen molar-refractivity contribution in [1.29, 1.82) is 0 Å². The summed E-state index contributed by atoms with van der Waals surface area (Å²) in [5.41, 5.74) is 1.09. The molecule has 1 heterocycles. The van der Waals surface area contributed by atoms with Gasteiger partial charge in [-0.2, -0.15) is 0 Å². The van der Waals surface area contributed by atoms with Gasteiger partial charge in [0, 0.05) is 24.0 Å². The van der Waals surface area contributed by atoms with Crippen LogP contribution in [0.4, 0.5) is 0 Å².